The first-order valence-corrected chi connectivity index (χ1v) is 5.36. The quantitative estimate of drug-likeness (QED) is 0.597. The monoisotopic (exact) mass is 226 g/mol. The van der Waals surface area contributed by atoms with Crippen LogP contribution in [0.3, 0.4) is 0 Å². The van der Waals surface area contributed by atoms with Crippen LogP contribution in [0.1, 0.15) is 26.0 Å². The lowest BCUT2D eigenvalue weighted by molar-refractivity contribution is -0.0460. The fourth-order valence-corrected chi connectivity index (χ4v) is 1.15. The van der Waals surface area contributed by atoms with Gasteiger partial charge in [-0.05, 0) is 24.5 Å². The van der Waals surface area contributed by atoms with Crippen LogP contribution in [0.4, 0.5) is 4.79 Å². The minimum atomic E-state index is -0.503. The van der Waals surface area contributed by atoms with Gasteiger partial charge in [0.05, 0.1) is 19.4 Å². The predicted octanol–water partition coefficient (Wildman–Crippen LogP) is 2.23. The number of furan rings is 1. The zero-order valence-corrected chi connectivity index (χ0v) is 9.64. The van der Waals surface area contributed by atoms with Gasteiger partial charge >= 0.3 is 6.03 Å². The van der Waals surface area contributed by atoms with Gasteiger partial charge in [0.15, 0.2) is 0 Å². The molecule has 0 aliphatic heterocycles. The van der Waals surface area contributed by atoms with Gasteiger partial charge in [-0.3, -0.25) is 5.21 Å². The van der Waals surface area contributed by atoms with Crippen molar-refractivity contribution in [3.63, 3.8) is 0 Å². The number of nitrogens with one attached hydrogen (secondary N) is 1. The summed E-state index contributed by atoms with van der Waals surface area (Å²) in [4.78, 5) is 11.4. The molecule has 1 heterocycles. The third-order valence-corrected chi connectivity index (χ3v) is 2.15. The summed E-state index contributed by atoms with van der Waals surface area (Å²) in [5, 5.41) is 12.6. The van der Waals surface area contributed by atoms with Crippen molar-refractivity contribution in [2.45, 2.75) is 26.8 Å². The van der Waals surface area contributed by atoms with Crippen LogP contribution in [-0.4, -0.2) is 22.8 Å². The largest absolute Gasteiger partial charge is 0.467 e. The highest BCUT2D eigenvalue weighted by molar-refractivity contribution is 5.72. The minimum Gasteiger partial charge on any atom is -0.467 e. The summed E-state index contributed by atoms with van der Waals surface area (Å²) < 4.78 is 5.05. The van der Waals surface area contributed by atoms with Crippen molar-refractivity contribution in [3.05, 3.63) is 24.2 Å². The van der Waals surface area contributed by atoms with Gasteiger partial charge in [0.25, 0.3) is 0 Å². The van der Waals surface area contributed by atoms with Crippen LogP contribution >= 0.6 is 0 Å². The molecule has 0 unspecified atom stereocenters. The molecule has 0 radical (unpaired) electrons. The zero-order valence-electron chi connectivity index (χ0n) is 9.64. The van der Waals surface area contributed by atoms with Gasteiger partial charge in [-0.15, -0.1) is 0 Å². The van der Waals surface area contributed by atoms with Gasteiger partial charge in [-0.1, -0.05) is 13.8 Å². The smallest absolute Gasteiger partial charge is 0.341 e. The van der Waals surface area contributed by atoms with E-state index in [0.29, 0.717) is 23.3 Å². The minimum absolute atomic E-state index is 0.282. The van der Waals surface area contributed by atoms with Crippen LogP contribution in [0.15, 0.2) is 22.8 Å². The summed E-state index contributed by atoms with van der Waals surface area (Å²) in [6.45, 7) is 4.69. The summed E-state index contributed by atoms with van der Waals surface area (Å²) in [5.41, 5.74) is 0. The van der Waals surface area contributed by atoms with E-state index < -0.39 is 6.03 Å². The first kappa shape index (κ1) is 12.6. The molecule has 5 nitrogen and oxygen atoms in total. The van der Waals surface area contributed by atoms with Crippen molar-refractivity contribution in [1.82, 2.24) is 10.4 Å². The number of hydrogen-bond acceptors (Lipinski definition) is 3. The van der Waals surface area contributed by atoms with E-state index in [1.165, 1.54) is 6.26 Å². The van der Waals surface area contributed by atoms with Gasteiger partial charge in [0.1, 0.15) is 5.76 Å². The van der Waals surface area contributed by atoms with Crippen LogP contribution in [-0.2, 0) is 6.54 Å². The molecule has 1 aromatic heterocycles. The summed E-state index contributed by atoms with van der Waals surface area (Å²) in [6.07, 6.45) is 2.31. The molecule has 0 saturated heterocycles. The first-order valence-electron chi connectivity index (χ1n) is 5.36. The number of hydroxylamine groups is 2. The van der Waals surface area contributed by atoms with Crippen molar-refractivity contribution in [2.24, 2.45) is 5.92 Å². The van der Waals surface area contributed by atoms with E-state index in [0.717, 1.165) is 6.42 Å². The van der Waals surface area contributed by atoms with E-state index in [1.807, 2.05) is 13.8 Å². The van der Waals surface area contributed by atoms with Crippen LogP contribution < -0.4 is 5.32 Å². The molecule has 90 valence electrons. The normalized spacial score (nSPS) is 10.5. The van der Waals surface area contributed by atoms with Gasteiger partial charge in [-0.2, -0.15) is 0 Å². The van der Waals surface area contributed by atoms with Gasteiger partial charge in [0.2, 0.25) is 0 Å². The predicted molar refractivity (Wildman–Crippen MR) is 58.9 cm³/mol. The number of amides is 2. The first-order chi connectivity index (χ1) is 7.59. The Morgan fingerprint density at radius 2 is 2.38 bits per heavy atom. The van der Waals surface area contributed by atoms with E-state index in [2.05, 4.69) is 5.32 Å². The lowest BCUT2D eigenvalue weighted by Gasteiger charge is -2.16. The Hall–Kier alpha value is -1.49. The highest BCUT2D eigenvalue weighted by Gasteiger charge is 2.10. The van der Waals surface area contributed by atoms with Crippen LogP contribution in [0.25, 0.3) is 0 Å². The second-order valence-corrected chi connectivity index (χ2v) is 4.04. The number of hydrogen-bond donors (Lipinski definition) is 2. The number of nitrogens with zero attached hydrogens (tertiary/aromatic N) is 1. The molecule has 2 amide bonds. The summed E-state index contributed by atoms with van der Waals surface area (Å²) in [6, 6.07) is 3.00. The van der Waals surface area contributed by atoms with E-state index in [4.69, 9.17) is 4.42 Å². The van der Waals surface area contributed by atoms with Crippen molar-refractivity contribution >= 4 is 6.03 Å². The molecule has 1 rings (SSSR count). The lowest BCUT2D eigenvalue weighted by Crippen LogP contribution is -2.38. The third-order valence-electron chi connectivity index (χ3n) is 2.15. The van der Waals surface area contributed by atoms with Crippen LogP contribution in [0.5, 0.6) is 0 Å². The van der Waals surface area contributed by atoms with E-state index in [9.17, 15) is 10.0 Å². The molecule has 5 heteroatoms. The molecule has 0 bridgehead atoms. The molecule has 0 fully saturated rings. The van der Waals surface area contributed by atoms with E-state index in [-0.39, 0.29) is 6.54 Å². The standard InChI is InChI=1S/C11H18N2O3/c1-9(2)5-6-13(15)11(14)12-8-10-4-3-7-16-10/h3-4,7,9,15H,5-6,8H2,1-2H3,(H,12,14). The Morgan fingerprint density at radius 3 is 2.94 bits per heavy atom. The lowest BCUT2D eigenvalue weighted by atomic mass is 10.1. The Morgan fingerprint density at radius 1 is 1.62 bits per heavy atom. The number of carbonyl (C=O) groups is 1. The second-order valence-electron chi connectivity index (χ2n) is 4.04. The number of rotatable bonds is 5. The molecule has 1 aromatic rings. The molecule has 0 spiro atoms. The van der Waals surface area contributed by atoms with Gasteiger partial charge in [0, 0.05) is 0 Å². The number of carbonyl (C=O) groups excluding carboxylic acids is 1. The molecule has 0 aromatic carbocycles. The fraction of sp³-hybridized carbons (Fsp3) is 0.545. The molecular weight excluding hydrogens is 208 g/mol. The maximum Gasteiger partial charge on any atom is 0.341 e. The van der Waals surface area contributed by atoms with Crippen molar-refractivity contribution < 1.29 is 14.4 Å². The molecule has 0 aliphatic rings. The summed E-state index contributed by atoms with van der Waals surface area (Å²) in [7, 11) is 0. The van der Waals surface area contributed by atoms with E-state index in [1.54, 1.807) is 12.1 Å². The van der Waals surface area contributed by atoms with Crippen LogP contribution in [0.2, 0.25) is 0 Å². The molecule has 0 saturated carbocycles. The highest BCUT2D eigenvalue weighted by Crippen LogP contribution is 2.02. The van der Waals surface area contributed by atoms with Crippen molar-refractivity contribution in [3.8, 4) is 0 Å². The molecule has 2 N–H and O–H groups in total. The topological polar surface area (TPSA) is 65.7 Å². The summed E-state index contributed by atoms with van der Waals surface area (Å²) >= 11 is 0. The van der Waals surface area contributed by atoms with Gasteiger partial charge in [-0.25, -0.2) is 9.86 Å². The SMILES string of the molecule is CC(C)CCN(O)C(=O)NCc1ccco1. The van der Waals surface area contributed by atoms with Crippen molar-refractivity contribution in [1.29, 1.82) is 0 Å². The number of urea groups is 1. The average Bonchev–Trinajstić information content (AvgIpc) is 2.75. The molecule has 16 heavy (non-hydrogen) atoms. The fourth-order valence-electron chi connectivity index (χ4n) is 1.15. The third kappa shape index (κ3) is 4.35. The maximum absolute atomic E-state index is 11.4. The van der Waals surface area contributed by atoms with Crippen molar-refractivity contribution in [2.75, 3.05) is 6.54 Å². The molecule has 0 aliphatic carbocycles. The highest BCUT2D eigenvalue weighted by atomic mass is 16.5. The Bertz CT molecular complexity index is 309. The Labute approximate surface area is 95.0 Å². The molecular formula is C11H18N2O3. The second kappa shape index (κ2) is 6.17. The maximum atomic E-state index is 11.4. The Kier molecular flexibility index (Phi) is 4.85. The Balaban J connectivity index is 2.23. The zero-order chi connectivity index (χ0) is 12.0. The summed E-state index contributed by atoms with van der Waals surface area (Å²) in [5.74, 6) is 1.11. The van der Waals surface area contributed by atoms with Gasteiger partial charge < -0.3 is 9.73 Å². The average molecular weight is 226 g/mol. The molecule has 0 atom stereocenters. The van der Waals surface area contributed by atoms with Crippen LogP contribution in [0, 0.1) is 5.92 Å². The van der Waals surface area contributed by atoms with E-state index >= 15 is 0 Å².